The number of nitrogens with zero attached hydrogens (tertiary/aromatic N) is 3. The van der Waals surface area contributed by atoms with E-state index in [-0.39, 0.29) is 12.0 Å². The first-order valence-electron chi connectivity index (χ1n) is 12.3. The Balaban J connectivity index is 1.01. The molecule has 3 aliphatic heterocycles. The average Bonchev–Trinajstić information content (AvgIpc) is 3.51. The average molecular weight is 429 g/mol. The van der Waals surface area contributed by atoms with Gasteiger partial charge in [0.1, 0.15) is 6.10 Å². The van der Waals surface area contributed by atoms with Crippen molar-refractivity contribution in [2.45, 2.75) is 63.5 Å². The third-order valence-corrected chi connectivity index (χ3v) is 7.53. The molecule has 1 aromatic rings. The number of pyridine rings is 1. The fourth-order valence-corrected chi connectivity index (χ4v) is 5.54. The van der Waals surface area contributed by atoms with Gasteiger partial charge in [-0.05, 0) is 63.5 Å². The van der Waals surface area contributed by atoms with Crippen molar-refractivity contribution in [2.75, 3.05) is 50.8 Å². The Morgan fingerprint density at radius 1 is 1.10 bits per heavy atom. The van der Waals surface area contributed by atoms with Crippen LogP contribution in [0.3, 0.4) is 0 Å². The molecule has 7 heteroatoms. The summed E-state index contributed by atoms with van der Waals surface area (Å²) in [5, 5.41) is 3.23. The van der Waals surface area contributed by atoms with Crippen molar-refractivity contribution in [2.24, 2.45) is 5.92 Å². The van der Waals surface area contributed by atoms with Crippen LogP contribution in [0.15, 0.2) is 12.3 Å². The van der Waals surface area contributed by atoms with Crippen molar-refractivity contribution in [3.8, 4) is 5.75 Å². The summed E-state index contributed by atoms with van der Waals surface area (Å²) in [4.78, 5) is 21.9. The summed E-state index contributed by atoms with van der Waals surface area (Å²) in [6.07, 6.45) is 10.6. The van der Waals surface area contributed by atoms with Crippen LogP contribution in [0.5, 0.6) is 5.75 Å². The molecule has 4 heterocycles. The molecule has 1 saturated carbocycles. The van der Waals surface area contributed by atoms with Crippen LogP contribution < -0.4 is 15.0 Å². The Morgan fingerprint density at radius 3 is 2.71 bits per heavy atom. The highest BCUT2D eigenvalue weighted by molar-refractivity contribution is 5.81. The molecule has 1 unspecified atom stereocenters. The number of piperazine rings is 1. The minimum atomic E-state index is -0.199. The number of carbonyl (C=O) groups excluding carboxylic acids is 1. The minimum absolute atomic E-state index is 0.114. The molecule has 1 N–H and O–H groups in total. The number of ether oxygens (including phenoxy) is 2. The molecule has 0 radical (unpaired) electrons. The van der Waals surface area contributed by atoms with Crippen LogP contribution in [-0.2, 0) is 16.0 Å². The van der Waals surface area contributed by atoms with Crippen molar-refractivity contribution >= 4 is 11.7 Å². The number of rotatable bonds is 6. The van der Waals surface area contributed by atoms with Crippen molar-refractivity contribution < 1.29 is 14.3 Å². The number of hydrogen-bond donors (Lipinski definition) is 1. The molecule has 1 aliphatic carbocycles. The molecule has 3 fully saturated rings. The number of aromatic nitrogens is 1. The SMILES string of the molecule is O=C(N[C@H]1CC[C@H](CCN2CCN(c3nccc4c3OCC4)CC2)CC1)C1CCCO1. The second-order valence-electron chi connectivity index (χ2n) is 9.57. The molecular formula is C24H36N4O3. The van der Waals surface area contributed by atoms with E-state index in [2.05, 4.69) is 26.2 Å². The van der Waals surface area contributed by atoms with Gasteiger partial charge in [0.25, 0.3) is 0 Å². The first-order valence-corrected chi connectivity index (χ1v) is 12.3. The van der Waals surface area contributed by atoms with Gasteiger partial charge in [-0.3, -0.25) is 9.69 Å². The summed E-state index contributed by atoms with van der Waals surface area (Å²) in [7, 11) is 0. The number of nitrogens with one attached hydrogen (secondary N) is 1. The lowest BCUT2D eigenvalue weighted by Crippen LogP contribution is -2.47. The van der Waals surface area contributed by atoms with Crippen LogP contribution in [-0.4, -0.2) is 73.9 Å². The highest BCUT2D eigenvalue weighted by Crippen LogP contribution is 2.34. The molecule has 0 aromatic carbocycles. The van der Waals surface area contributed by atoms with Crippen LogP contribution in [0.25, 0.3) is 0 Å². The lowest BCUT2D eigenvalue weighted by molar-refractivity contribution is -0.131. The van der Waals surface area contributed by atoms with Gasteiger partial charge in [0.2, 0.25) is 5.91 Å². The van der Waals surface area contributed by atoms with E-state index in [4.69, 9.17) is 9.47 Å². The maximum absolute atomic E-state index is 12.3. The van der Waals surface area contributed by atoms with Gasteiger partial charge in [-0.1, -0.05) is 0 Å². The molecule has 1 aromatic heterocycles. The van der Waals surface area contributed by atoms with E-state index in [0.29, 0.717) is 6.04 Å². The van der Waals surface area contributed by atoms with E-state index in [0.717, 1.165) is 89.0 Å². The van der Waals surface area contributed by atoms with Crippen LogP contribution in [0, 0.1) is 5.92 Å². The monoisotopic (exact) mass is 428 g/mol. The van der Waals surface area contributed by atoms with Gasteiger partial charge < -0.3 is 19.7 Å². The summed E-state index contributed by atoms with van der Waals surface area (Å²) in [6.45, 7) is 6.94. The van der Waals surface area contributed by atoms with Gasteiger partial charge in [-0.2, -0.15) is 0 Å². The number of anilines is 1. The first-order chi connectivity index (χ1) is 15.3. The standard InChI is InChI=1S/C24H36N4O3/c29-24(21-2-1-16-30-21)26-20-5-3-18(4-6-20)8-11-27-12-14-28(15-13-27)23-22-19(7-10-25-23)9-17-31-22/h7,10,18,20-21H,1-6,8-9,11-17H2,(H,26,29)/t18-,20-,21?. The predicted molar refractivity (Wildman–Crippen MR) is 120 cm³/mol. The second kappa shape index (κ2) is 9.74. The van der Waals surface area contributed by atoms with Gasteiger partial charge in [0.15, 0.2) is 11.6 Å². The van der Waals surface area contributed by atoms with Crippen LogP contribution in [0.1, 0.15) is 50.5 Å². The van der Waals surface area contributed by atoms with Crippen LogP contribution >= 0.6 is 0 Å². The summed E-state index contributed by atoms with van der Waals surface area (Å²) >= 11 is 0. The van der Waals surface area contributed by atoms with Crippen molar-refractivity contribution in [1.29, 1.82) is 0 Å². The normalized spacial score (nSPS) is 28.9. The number of fused-ring (bicyclic) bond motifs is 1. The Kier molecular flexibility index (Phi) is 6.60. The summed E-state index contributed by atoms with van der Waals surface area (Å²) in [6, 6.07) is 2.43. The van der Waals surface area contributed by atoms with E-state index in [1.807, 2.05) is 6.20 Å². The lowest BCUT2D eigenvalue weighted by Gasteiger charge is -2.37. The van der Waals surface area contributed by atoms with E-state index in [1.54, 1.807) is 0 Å². The largest absolute Gasteiger partial charge is 0.489 e. The zero-order valence-electron chi connectivity index (χ0n) is 18.6. The number of carbonyl (C=O) groups is 1. The van der Waals surface area contributed by atoms with Gasteiger partial charge in [-0.25, -0.2) is 4.98 Å². The maximum atomic E-state index is 12.3. The van der Waals surface area contributed by atoms with E-state index >= 15 is 0 Å². The minimum Gasteiger partial charge on any atom is -0.489 e. The Hall–Kier alpha value is -1.86. The van der Waals surface area contributed by atoms with Gasteiger partial charge in [-0.15, -0.1) is 0 Å². The molecule has 1 atom stereocenters. The van der Waals surface area contributed by atoms with E-state index in [1.165, 1.54) is 31.4 Å². The Morgan fingerprint density at radius 2 is 1.94 bits per heavy atom. The molecule has 0 spiro atoms. The highest BCUT2D eigenvalue weighted by Gasteiger charge is 2.29. The Bertz CT molecular complexity index is 751. The fraction of sp³-hybridized carbons (Fsp3) is 0.750. The molecule has 31 heavy (non-hydrogen) atoms. The van der Waals surface area contributed by atoms with Crippen molar-refractivity contribution in [3.05, 3.63) is 17.8 Å². The lowest BCUT2D eigenvalue weighted by atomic mass is 9.84. The van der Waals surface area contributed by atoms with Crippen LogP contribution in [0.2, 0.25) is 0 Å². The summed E-state index contributed by atoms with van der Waals surface area (Å²) < 4.78 is 11.4. The number of hydrogen-bond acceptors (Lipinski definition) is 6. The molecule has 5 rings (SSSR count). The molecule has 0 bridgehead atoms. The molecule has 2 saturated heterocycles. The zero-order chi connectivity index (χ0) is 21.0. The van der Waals surface area contributed by atoms with Crippen molar-refractivity contribution in [3.63, 3.8) is 0 Å². The number of amides is 1. The third-order valence-electron chi connectivity index (χ3n) is 7.53. The van der Waals surface area contributed by atoms with E-state index < -0.39 is 0 Å². The second-order valence-corrected chi connectivity index (χ2v) is 9.57. The molecule has 1 amide bonds. The third kappa shape index (κ3) is 4.98. The first kappa shape index (κ1) is 21.0. The molecule has 7 nitrogen and oxygen atoms in total. The Labute approximate surface area is 185 Å². The summed E-state index contributed by atoms with van der Waals surface area (Å²) in [5.74, 6) is 2.96. The van der Waals surface area contributed by atoms with Gasteiger partial charge in [0, 0.05) is 57.0 Å². The predicted octanol–water partition coefficient (Wildman–Crippen LogP) is 2.38. The molecule has 4 aliphatic rings. The highest BCUT2D eigenvalue weighted by atomic mass is 16.5. The molecule has 170 valence electrons. The van der Waals surface area contributed by atoms with E-state index in [9.17, 15) is 4.79 Å². The maximum Gasteiger partial charge on any atom is 0.249 e. The quantitative estimate of drug-likeness (QED) is 0.751. The topological polar surface area (TPSA) is 66.9 Å². The summed E-state index contributed by atoms with van der Waals surface area (Å²) in [5.41, 5.74) is 1.30. The molecular weight excluding hydrogens is 392 g/mol. The zero-order valence-corrected chi connectivity index (χ0v) is 18.6. The van der Waals surface area contributed by atoms with Gasteiger partial charge >= 0.3 is 0 Å². The smallest absolute Gasteiger partial charge is 0.249 e. The van der Waals surface area contributed by atoms with Crippen molar-refractivity contribution in [1.82, 2.24) is 15.2 Å². The van der Waals surface area contributed by atoms with Crippen LogP contribution in [0.4, 0.5) is 5.82 Å². The van der Waals surface area contributed by atoms with Gasteiger partial charge in [0.05, 0.1) is 6.61 Å². The fourth-order valence-electron chi connectivity index (χ4n) is 5.54.